The van der Waals surface area contributed by atoms with Crippen molar-refractivity contribution in [2.45, 2.75) is 75.5 Å². The smallest absolute Gasteiger partial charge is 0.282 e. The van der Waals surface area contributed by atoms with Crippen LogP contribution >= 0.6 is 0 Å². The van der Waals surface area contributed by atoms with Gasteiger partial charge in [0, 0.05) is 37.8 Å². The molecule has 39 heavy (non-hydrogen) atoms. The lowest BCUT2D eigenvalue weighted by atomic mass is 9.94. The summed E-state index contributed by atoms with van der Waals surface area (Å²) in [5, 5.41) is 15.2. The van der Waals surface area contributed by atoms with Gasteiger partial charge in [-0.15, -0.1) is 0 Å². The number of fused-ring (bicyclic) bond motifs is 1. The van der Waals surface area contributed by atoms with Crippen molar-refractivity contribution >= 4 is 22.7 Å². The van der Waals surface area contributed by atoms with E-state index in [4.69, 9.17) is 4.98 Å². The van der Waals surface area contributed by atoms with Crippen LogP contribution in [0.3, 0.4) is 0 Å². The van der Waals surface area contributed by atoms with Gasteiger partial charge in [0.05, 0.1) is 37.7 Å². The van der Waals surface area contributed by atoms with Crippen molar-refractivity contribution < 1.29 is 19.2 Å². The van der Waals surface area contributed by atoms with Crippen LogP contribution in [0.4, 0.5) is 0 Å². The van der Waals surface area contributed by atoms with Gasteiger partial charge in [-0.1, -0.05) is 37.5 Å². The van der Waals surface area contributed by atoms with Gasteiger partial charge in [0.25, 0.3) is 11.8 Å². The second kappa shape index (κ2) is 11.1. The largest absolute Gasteiger partial charge is 0.380 e. The van der Waals surface area contributed by atoms with Gasteiger partial charge in [-0.2, -0.15) is 0 Å². The molecular formula is C31H44N5O3+. The third kappa shape index (κ3) is 5.56. The van der Waals surface area contributed by atoms with Crippen LogP contribution in [-0.4, -0.2) is 100 Å². The second-order valence-electron chi connectivity index (χ2n) is 12.4. The molecule has 0 radical (unpaired) electrons. The van der Waals surface area contributed by atoms with Crippen LogP contribution in [0.1, 0.15) is 69.4 Å². The highest BCUT2D eigenvalue weighted by Gasteiger charge is 2.52. The van der Waals surface area contributed by atoms with E-state index in [1.165, 1.54) is 37.7 Å². The van der Waals surface area contributed by atoms with Gasteiger partial charge >= 0.3 is 0 Å². The van der Waals surface area contributed by atoms with Gasteiger partial charge in [0.2, 0.25) is 0 Å². The molecule has 2 unspecified atom stereocenters. The molecule has 1 aromatic heterocycles. The number of hydrogen-bond acceptors (Lipinski definition) is 5. The summed E-state index contributed by atoms with van der Waals surface area (Å²) in [7, 11) is 0. The van der Waals surface area contributed by atoms with Gasteiger partial charge < -0.3 is 19.4 Å². The molecule has 1 saturated carbocycles. The summed E-state index contributed by atoms with van der Waals surface area (Å²) in [6.07, 6.45) is 11.8. The van der Waals surface area contributed by atoms with Crippen molar-refractivity contribution in [2.75, 3.05) is 52.4 Å². The van der Waals surface area contributed by atoms with E-state index in [1.54, 1.807) is 4.90 Å². The predicted molar refractivity (Wildman–Crippen MR) is 151 cm³/mol. The minimum atomic E-state index is -1.14. The number of piperazine rings is 2. The van der Waals surface area contributed by atoms with Crippen molar-refractivity contribution in [2.24, 2.45) is 0 Å². The number of hydrogen-bond donors (Lipinski definition) is 2. The normalized spacial score (nSPS) is 27.3. The average molecular weight is 535 g/mol. The zero-order valence-corrected chi connectivity index (χ0v) is 23.2. The minimum Gasteiger partial charge on any atom is -0.380 e. The van der Waals surface area contributed by atoms with E-state index in [9.17, 15) is 14.7 Å². The number of nitrogens with zero attached hydrogens (tertiary/aromatic N) is 4. The maximum Gasteiger partial charge on any atom is 0.282 e. The topological polar surface area (TPSA) is 85.8 Å². The van der Waals surface area contributed by atoms with Crippen LogP contribution in [0.2, 0.25) is 0 Å². The molecule has 1 aromatic carbocycles. The van der Waals surface area contributed by atoms with Crippen LogP contribution in [-0.2, 0) is 9.59 Å². The van der Waals surface area contributed by atoms with E-state index in [0.717, 1.165) is 47.9 Å². The van der Waals surface area contributed by atoms with E-state index in [-0.39, 0.29) is 23.9 Å². The highest BCUT2D eigenvalue weighted by atomic mass is 16.3. The Hall–Kier alpha value is -2.55. The fourth-order valence-electron chi connectivity index (χ4n) is 7.14. The number of carbonyl (C=O) groups is 2. The lowest BCUT2D eigenvalue weighted by Gasteiger charge is -2.51. The molecular weight excluding hydrogens is 490 g/mol. The van der Waals surface area contributed by atoms with E-state index >= 15 is 0 Å². The molecule has 4 heterocycles. The lowest BCUT2D eigenvalue weighted by Crippen LogP contribution is -2.71. The molecule has 3 saturated heterocycles. The Morgan fingerprint density at radius 2 is 1.56 bits per heavy atom. The maximum absolute atomic E-state index is 14.2. The summed E-state index contributed by atoms with van der Waals surface area (Å²) >= 11 is 0. The number of amides is 2. The summed E-state index contributed by atoms with van der Waals surface area (Å²) in [5.74, 6) is 0.0761. The molecule has 8 nitrogen and oxygen atoms in total. The second-order valence-corrected chi connectivity index (χ2v) is 12.4. The van der Waals surface area contributed by atoms with Gasteiger partial charge in [-0.05, 0) is 56.2 Å². The number of aromatic nitrogens is 1. The maximum atomic E-state index is 14.2. The molecule has 2 aromatic rings. The number of para-hydroxylation sites is 1. The Labute approximate surface area is 231 Å². The highest BCUT2D eigenvalue weighted by Crippen LogP contribution is 2.37. The standard InChI is InChI=1S/C31H44N5O3/c37-29(34-14-16-35(17-15-34)30(38)31(39)12-13-31)28-22-33-27(25-20-24-10-6-7-11-26(24)32-21-25)23-36(28)18-8-4-2-1-3-5-9-19-36/h6-7,10-11,20-21,27-28,33,39H,1-5,8-9,12-19,22-23H2/q+1. The quantitative estimate of drug-likeness (QED) is 0.592. The summed E-state index contributed by atoms with van der Waals surface area (Å²) in [6.45, 7) is 5.78. The molecule has 1 spiro atoms. The van der Waals surface area contributed by atoms with Gasteiger partial charge in [-0.25, -0.2) is 0 Å². The van der Waals surface area contributed by atoms with Gasteiger partial charge in [-0.3, -0.25) is 19.9 Å². The molecule has 1 aliphatic carbocycles. The molecule has 2 N–H and O–H groups in total. The molecule has 2 atom stereocenters. The zero-order valence-electron chi connectivity index (χ0n) is 23.2. The van der Waals surface area contributed by atoms with E-state index in [2.05, 4.69) is 29.6 Å². The van der Waals surface area contributed by atoms with Crippen molar-refractivity contribution in [1.82, 2.24) is 20.1 Å². The van der Waals surface area contributed by atoms with Crippen molar-refractivity contribution in [3.63, 3.8) is 0 Å². The number of carbonyl (C=O) groups excluding carboxylic acids is 2. The average Bonchev–Trinajstić information content (AvgIpc) is 3.74. The number of rotatable bonds is 3. The Morgan fingerprint density at radius 3 is 2.26 bits per heavy atom. The molecule has 4 fully saturated rings. The first-order valence-electron chi connectivity index (χ1n) is 15.2. The Kier molecular flexibility index (Phi) is 7.62. The predicted octanol–water partition coefficient (Wildman–Crippen LogP) is 3.00. The summed E-state index contributed by atoms with van der Waals surface area (Å²) in [4.78, 5) is 35.3. The molecule has 6 rings (SSSR count). The SMILES string of the molecule is O=C(C1CNC(c2cnc3ccccc3c2)C[N+]12CCCCCCCCC2)N1CCN(C(=O)C2(O)CC2)CC1. The highest BCUT2D eigenvalue weighted by molar-refractivity contribution is 5.88. The van der Waals surface area contributed by atoms with Crippen LogP contribution in [0, 0.1) is 0 Å². The first kappa shape index (κ1) is 26.7. The Balaban J connectivity index is 1.21. The van der Waals surface area contributed by atoms with Crippen LogP contribution in [0.25, 0.3) is 10.9 Å². The lowest BCUT2D eigenvalue weighted by molar-refractivity contribution is -0.948. The summed E-state index contributed by atoms with van der Waals surface area (Å²) < 4.78 is 0.849. The Morgan fingerprint density at radius 1 is 0.923 bits per heavy atom. The molecule has 4 aliphatic rings. The van der Waals surface area contributed by atoms with Crippen molar-refractivity contribution in [1.29, 1.82) is 0 Å². The molecule has 2 amide bonds. The van der Waals surface area contributed by atoms with Crippen LogP contribution in [0.5, 0.6) is 0 Å². The number of quaternary nitrogens is 1. The third-order valence-corrected chi connectivity index (χ3v) is 9.77. The summed E-state index contributed by atoms with van der Waals surface area (Å²) in [5.41, 5.74) is 1.09. The van der Waals surface area contributed by atoms with E-state index in [0.29, 0.717) is 45.6 Å². The number of pyridine rings is 1. The molecule has 3 aliphatic heterocycles. The van der Waals surface area contributed by atoms with Crippen LogP contribution < -0.4 is 5.32 Å². The van der Waals surface area contributed by atoms with Crippen molar-refractivity contribution in [3.05, 3.63) is 42.1 Å². The van der Waals surface area contributed by atoms with Gasteiger partial charge in [0.1, 0.15) is 5.60 Å². The van der Waals surface area contributed by atoms with Crippen LogP contribution in [0.15, 0.2) is 36.5 Å². The fourth-order valence-corrected chi connectivity index (χ4v) is 7.14. The zero-order chi connectivity index (χ0) is 26.9. The monoisotopic (exact) mass is 534 g/mol. The van der Waals surface area contributed by atoms with E-state index in [1.807, 2.05) is 17.2 Å². The Bertz CT molecular complexity index is 1180. The number of aliphatic hydroxyl groups is 1. The number of benzene rings is 1. The molecule has 210 valence electrons. The number of nitrogens with one attached hydrogen (secondary N) is 1. The minimum absolute atomic E-state index is 0.107. The van der Waals surface area contributed by atoms with Crippen molar-refractivity contribution in [3.8, 4) is 0 Å². The van der Waals surface area contributed by atoms with E-state index < -0.39 is 5.60 Å². The molecule has 8 heteroatoms. The summed E-state index contributed by atoms with van der Waals surface area (Å²) in [6, 6.07) is 10.6. The first-order chi connectivity index (χ1) is 19.0. The first-order valence-corrected chi connectivity index (χ1v) is 15.2. The third-order valence-electron chi connectivity index (χ3n) is 9.77. The fraction of sp³-hybridized carbons (Fsp3) is 0.645. The van der Waals surface area contributed by atoms with Gasteiger partial charge in [0.15, 0.2) is 6.04 Å². The molecule has 0 bridgehead atoms.